The number of aromatic nitrogens is 1. The summed E-state index contributed by atoms with van der Waals surface area (Å²) < 4.78 is 52.0. The van der Waals surface area contributed by atoms with Crippen LogP contribution in [0.3, 0.4) is 0 Å². The fourth-order valence-electron chi connectivity index (χ4n) is 4.07. The van der Waals surface area contributed by atoms with Gasteiger partial charge >= 0.3 is 11.9 Å². The Kier molecular flexibility index (Phi) is 7.96. The van der Waals surface area contributed by atoms with Crippen LogP contribution in [-0.2, 0) is 16.5 Å². The minimum absolute atomic E-state index is 0.196. The topological polar surface area (TPSA) is 179 Å². The van der Waals surface area contributed by atoms with Gasteiger partial charge in [0.25, 0.3) is 0 Å². The molecule has 0 aliphatic heterocycles. The number of ether oxygens (including phenoxy) is 2. The van der Waals surface area contributed by atoms with Gasteiger partial charge in [-0.15, -0.1) is 10.2 Å². The minimum atomic E-state index is -4.94. The zero-order valence-corrected chi connectivity index (χ0v) is 21.2. The Hall–Kier alpha value is -3.87. The van der Waals surface area contributed by atoms with Crippen molar-refractivity contribution in [2.45, 2.75) is 13.8 Å². The molecule has 0 saturated heterocycles. The van der Waals surface area contributed by atoms with Crippen molar-refractivity contribution in [1.29, 1.82) is 0 Å². The number of pyridine rings is 1. The summed E-state index contributed by atoms with van der Waals surface area (Å²) in [5.41, 5.74) is 2.81. The minimum Gasteiger partial charge on any atom is -0.465 e. The van der Waals surface area contributed by atoms with Gasteiger partial charge in [-0.2, -0.15) is 0 Å². The van der Waals surface area contributed by atoms with E-state index in [2.05, 4.69) is 0 Å². The number of fused-ring (bicyclic) bond motifs is 2. The maximum atomic E-state index is 13.2. The molecule has 2 aromatic heterocycles. The van der Waals surface area contributed by atoms with Crippen LogP contribution >= 0.6 is 0 Å². The van der Waals surface area contributed by atoms with E-state index in [4.69, 9.17) is 32.5 Å². The molecule has 0 spiro atoms. The zero-order valence-electron chi connectivity index (χ0n) is 20.4. The van der Waals surface area contributed by atoms with Gasteiger partial charge in [0.1, 0.15) is 29.3 Å². The average molecular weight is 532 g/mol. The molecule has 0 atom stereocenters. The van der Waals surface area contributed by atoms with Crippen LogP contribution in [0.5, 0.6) is 0 Å². The van der Waals surface area contributed by atoms with E-state index in [1.54, 1.807) is 67.9 Å². The summed E-state index contributed by atoms with van der Waals surface area (Å²) in [6.07, 6.45) is 0. The molecule has 2 heterocycles. The lowest BCUT2D eigenvalue weighted by atomic mass is 9.90. The lowest BCUT2D eigenvalue weighted by molar-refractivity contribution is -2.00. The van der Waals surface area contributed by atoms with E-state index in [1.165, 1.54) is 14.2 Å². The highest BCUT2D eigenvalue weighted by atomic mass is 35.7. The third-order valence-corrected chi connectivity index (χ3v) is 5.88. The van der Waals surface area contributed by atoms with Gasteiger partial charge in [0.05, 0.1) is 25.0 Å². The Bertz CT molecular complexity index is 1540. The molecule has 0 fully saturated rings. The lowest BCUT2D eigenvalue weighted by Gasteiger charge is -2.17. The van der Waals surface area contributed by atoms with E-state index in [0.29, 0.717) is 38.9 Å². The number of hydrogen-bond acceptors (Lipinski definition) is 10. The van der Waals surface area contributed by atoms with Crippen LogP contribution in [0.25, 0.3) is 33.1 Å². The molecule has 194 valence electrons. The van der Waals surface area contributed by atoms with Crippen molar-refractivity contribution in [3.05, 3.63) is 75.2 Å². The number of methoxy groups -OCH3 is 2. The summed E-state index contributed by atoms with van der Waals surface area (Å²) >= 11 is 0. The number of nitrogens with zero attached hydrogens (tertiary/aromatic N) is 1. The van der Waals surface area contributed by atoms with Crippen LogP contribution in [-0.4, -0.2) is 26.2 Å². The van der Waals surface area contributed by atoms with Crippen LogP contribution in [0.2, 0.25) is 0 Å². The van der Waals surface area contributed by atoms with Crippen LogP contribution in [0, 0.1) is 24.1 Å². The van der Waals surface area contributed by atoms with Crippen LogP contribution < -0.4 is 28.6 Å². The maximum absolute atomic E-state index is 13.2. The SMILES string of the molecule is COC(=O)c1c(-c2cccc3c(=O)c4ccccc4oc23)c(C(=O)OC)c(C)[n+](C)c1C.[O-][Cl+3]([O-])([O-])[O-]. The van der Waals surface area contributed by atoms with E-state index < -0.39 is 22.2 Å². The molecule has 4 aromatic rings. The van der Waals surface area contributed by atoms with Crippen molar-refractivity contribution in [3.63, 3.8) is 0 Å². The Labute approximate surface area is 212 Å². The molecule has 0 saturated carbocycles. The fraction of sp³-hybridized carbons (Fsp3) is 0.200. The molecule has 0 amide bonds. The van der Waals surface area contributed by atoms with Gasteiger partial charge in [0, 0.05) is 25.0 Å². The van der Waals surface area contributed by atoms with Crippen molar-refractivity contribution in [2.24, 2.45) is 7.05 Å². The molecule has 12 heteroatoms. The predicted octanol–water partition coefficient (Wildman–Crippen LogP) is -1.13. The number of halogens is 1. The Morgan fingerprint density at radius 1 is 0.838 bits per heavy atom. The number of carbonyl (C=O) groups excluding carboxylic acids is 2. The largest absolute Gasteiger partial charge is 0.465 e. The molecule has 0 N–H and O–H groups in total. The number of para-hydroxylation sites is 2. The summed E-state index contributed by atoms with van der Waals surface area (Å²) in [4.78, 5) is 38.9. The van der Waals surface area contributed by atoms with Gasteiger partial charge in [-0.05, 0) is 18.2 Å². The molecule has 11 nitrogen and oxygen atoms in total. The predicted molar refractivity (Wildman–Crippen MR) is 119 cm³/mol. The van der Waals surface area contributed by atoms with Gasteiger partial charge in [-0.25, -0.2) is 32.8 Å². The summed E-state index contributed by atoms with van der Waals surface area (Å²) in [7, 11) is -0.635. The number of benzene rings is 2. The molecule has 37 heavy (non-hydrogen) atoms. The van der Waals surface area contributed by atoms with Gasteiger partial charge in [-0.1, -0.05) is 24.3 Å². The van der Waals surface area contributed by atoms with Crippen molar-refractivity contribution in [2.75, 3.05) is 14.2 Å². The molecule has 0 radical (unpaired) electrons. The second kappa shape index (κ2) is 10.6. The third kappa shape index (κ3) is 5.45. The molecule has 4 rings (SSSR count). The van der Waals surface area contributed by atoms with Gasteiger partial charge in [-0.3, -0.25) is 4.79 Å². The summed E-state index contributed by atoms with van der Waals surface area (Å²) in [6, 6.07) is 12.0. The summed E-state index contributed by atoms with van der Waals surface area (Å²) in [5, 5.41) is 0.793. The Balaban J connectivity index is 0.000000695. The number of carbonyl (C=O) groups is 2. The molecule has 0 unspecified atom stereocenters. The quantitative estimate of drug-likeness (QED) is 0.178. The van der Waals surface area contributed by atoms with Crippen molar-refractivity contribution < 1.29 is 56.9 Å². The van der Waals surface area contributed by atoms with E-state index in [1.807, 2.05) is 0 Å². The maximum Gasteiger partial charge on any atom is 0.344 e. The number of rotatable bonds is 3. The highest BCUT2D eigenvalue weighted by molar-refractivity contribution is 6.10. The van der Waals surface area contributed by atoms with Crippen LogP contribution in [0.1, 0.15) is 32.1 Å². The first-order chi connectivity index (χ1) is 17.3. The third-order valence-electron chi connectivity index (χ3n) is 5.88. The van der Waals surface area contributed by atoms with E-state index >= 15 is 0 Å². The van der Waals surface area contributed by atoms with Gasteiger partial charge in [0.2, 0.25) is 5.43 Å². The summed E-state index contributed by atoms with van der Waals surface area (Å²) in [6.45, 7) is 3.53. The second-order valence-electron chi connectivity index (χ2n) is 7.83. The number of hydrogen-bond donors (Lipinski definition) is 0. The normalized spacial score (nSPS) is 11.2. The fourth-order valence-corrected chi connectivity index (χ4v) is 4.07. The molecule has 0 bridgehead atoms. The van der Waals surface area contributed by atoms with Crippen LogP contribution in [0.4, 0.5) is 0 Å². The Morgan fingerprint density at radius 3 is 1.84 bits per heavy atom. The van der Waals surface area contributed by atoms with E-state index in [0.717, 1.165) is 0 Å². The Morgan fingerprint density at radius 2 is 1.32 bits per heavy atom. The zero-order chi connectivity index (χ0) is 27.7. The van der Waals surface area contributed by atoms with Crippen molar-refractivity contribution >= 4 is 33.9 Å². The highest BCUT2D eigenvalue weighted by Crippen LogP contribution is 2.36. The first-order valence-corrected chi connectivity index (χ1v) is 11.8. The van der Waals surface area contributed by atoms with Gasteiger partial charge < -0.3 is 13.9 Å². The monoisotopic (exact) mass is 531 g/mol. The second-order valence-corrected chi connectivity index (χ2v) is 8.58. The molecule has 2 aromatic carbocycles. The standard InChI is InChI=1S/C25H22NO6.ClHO4/c1-13-19(24(28)30-4)21(20(25(29)31-5)14(2)26(13)3)16-10-8-11-17-22(27)15-9-6-7-12-18(15)32-23(16)17;2-1(3,4)5/h6-12H,1-5H3;(H,2,3,4,5)/q+1;/p-1. The lowest BCUT2D eigenvalue weighted by Crippen LogP contribution is -2.68. The summed E-state index contributed by atoms with van der Waals surface area (Å²) in [5.74, 6) is -1.23. The molecule has 0 aliphatic carbocycles. The number of esters is 2. The average Bonchev–Trinajstić information content (AvgIpc) is 2.85. The van der Waals surface area contributed by atoms with Crippen molar-refractivity contribution in [3.8, 4) is 11.1 Å². The first kappa shape index (κ1) is 27.7. The first-order valence-electron chi connectivity index (χ1n) is 10.6. The molecular formula is C25H22ClNO10. The van der Waals surface area contributed by atoms with E-state index in [-0.39, 0.29) is 22.1 Å². The highest BCUT2D eigenvalue weighted by Gasteiger charge is 2.34. The van der Waals surface area contributed by atoms with Gasteiger partial charge in [0.15, 0.2) is 11.4 Å². The smallest absolute Gasteiger partial charge is 0.344 e. The van der Waals surface area contributed by atoms with Crippen LogP contribution in [0.15, 0.2) is 51.7 Å². The van der Waals surface area contributed by atoms with Crippen molar-refractivity contribution in [1.82, 2.24) is 0 Å². The molecular weight excluding hydrogens is 510 g/mol. The molecule has 0 aliphatic rings. The van der Waals surface area contributed by atoms with E-state index in [9.17, 15) is 14.4 Å².